The molecule has 122 valence electrons. The number of nitrogens with zero attached hydrogens (tertiary/aromatic N) is 1. The molecule has 1 aromatic carbocycles. The maximum Gasteiger partial charge on any atom is 0.119 e. The summed E-state index contributed by atoms with van der Waals surface area (Å²) in [5.41, 5.74) is 1.73. The van der Waals surface area contributed by atoms with Gasteiger partial charge in [0, 0.05) is 6.04 Å². The van der Waals surface area contributed by atoms with Crippen molar-refractivity contribution in [1.29, 1.82) is 0 Å². The van der Waals surface area contributed by atoms with Gasteiger partial charge in [0.05, 0.1) is 6.61 Å². The molecule has 0 aliphatic heterocycles. The fourth-order valence-corrected chi connectivity index (χ4v) is 1.86. The van der Waals surface area contributed by atoms with E-state index in [1.54, 1.807) is 0 Å². The zero-order valence-electron chi connectivity index (χ0n) is 14.5. The summed E-state index contributed by atoms with van der Waals surface area (Å²) >= 11 is 0. The van der Waals surface area contributed by atoms with Crippen molar-refractivity contribution in [1.82, 2.24) is 4.90 Å². The molecule has 21 heavy (non-hydrogen) atoms. The minimum atomic E-state index is 0. The second-order valence-corrected chi connectivity index (χ2v) is 7.15. The molecule has 0 aromatic heterocycles. The molecule has 0 bridgehead atoms. The first kappa shape index (κ1) is 20.3. The van der Waals surface area contributed by atoms with Crippen LogP contribution in [0.5, 0.6) is 5.75 Å². The van der Waals surface area contributed by atoms with Gasteiger partial charge >= 0.3 is 0 Å². The molecule has 3 heteroatoms. The molecule has 0 saturated carbocycles. The molecular formula is C18H32ClNO. The molecule has 1 atom stereocenters. The molecule has 0 fully saturated rings. The third-order valence-electron chi connectivity index (χ3n) is 3.78. The van der Waals surface area contributed by atoms with Crippen molar-refractivity contribution in [3.8, 4) is 5.75 Å². The molecule has 0 saturated heterocycles. The van der Waals surface area contributed by atoms with E-state index >= 15 is 0 Å². The highest BCUT2D eigenvalue weighted by Gasteiger charge is 2.10. The minimum absolute atomic E-state index is 0. The highest BCUT2D eigenvalue weighted by atomic mass is 35.5. The van der Waals surface area contributed by atoms with Crippen molar-refractivity contribution in [2.75, 3.05) is 20.7 Å². The van der Waals surface area contributed by atoms with Gasteiger partial charge in [0.2, 0.25) is 0 Å². The van der Waals surface area contributed by atoms with Crippen LogP contribution < -0.4 is 4.74 Å². The number of halogens is 1. The van der Waals surface area contributed by atoms with E-state index in [2.05, 4.69) is 71.0 Å². The number of hydrogen-bond donors (Lipinski definition) is 0. The van der Waals surface area contributed by atoms with Gasteiger partial charge in [0.25, 0.3) is 0 Å². The van der Waals surface area contributed by atoms with Crippen LogP contribution in [0.4, 0.5) is 0 Å². The summed E-state index contributed by atoms with van der Waals surface area (Å²) in [6.45, 7) is 9.78. The zero-order valence-corrected chi connectivity index (χ0v) is 15.3. The quantitative estimate of drug-likeness (QED) is 0.716. The van der Waals surface area contributed by atoms with Gasteiger partial charge in [-0.1, -0.05) is 32.9 Å². The summed E-state index contributed by atoms with van der Waals surface area (Å²) in [7, 11) is 4.27. The summed E-state index contributed by atoms with van der Waals surface area (Å²) in [6.07, 6.45) is 3.40. The molecular weight excluding hydrogens is 282 g/mol. The number of benzene rings is 1. The number of rotatable bonds is 7. The third kappa shape index (κ3) is 9.00. The standard InChI is InChI=1S/C18H31NO.ClH/c1-15(19(5)6)7-8-16-9-11-17(12-10-16)20-14-13-18(2,3)4;/h9-12,15H,7-8,13-14H2,1-6H3;1H. The lowest BCUT2D eigenvalue weighted by molar-refractivity contribution is 0.243. The fraction of sp³-hybridized carbons (Fsp3) is 0.667. The van der Waals surface area contributed by atoms with Crippen LogP contribution in [-0.4, -0.2) is 31.6 Å². The van der Waals surface area contributed by atoms with Crippen molar-refractivity contribution < 1.29 is 4.74 Å². The Kier molecular flexibility index (Phi) is 9.00. The summed E-state index contributed by atoms with van der Waals surface area (Å²) < 4.78 is 5.79. The van der Waals surface area contributed by atoms with Crippen LogP contribution in [0.15, 0.2) is 24.3 Å². The number of ether oxygens (including phenoxy) is 1. The van der Waals surface area contributed by atoms with Gasteiger partial charge in [0.1, 0.15) is 5.75 Å². The molecule has 0 spiro atoms. The Hall–Kier alpha value is -0.730. The predicted molar refractivity (Wildman–Crippen MR) is 94.7 cm³/mol. The molecule has 1 rings (SSSR count). The van der Waals surface area contributed by atoms with Crippen molar-refractivity contribution >= 4 is 12.4 Å². The van der Waals surface area contributed by atoms with Crippen LogP contribution in [0.3, 0.4) is 0 Å². The van der Waals surface area contributed by atoms with E-state index in [0.717, 1.165) is 25.2 Å². The van der Waals surface area contributed by atoms with Crippen molar-refractivity contribution in [3.05, 3.63) is 29.8 Å². The predicted octanol–water partition coefficient (Wildman–Crippen LogP) is 4.81. The zero-order chi connectivity index (χ0) is 15.2. The molecule has 0 amide bonds. The van der Waals surface area contributed by atoms with Gasteiger partial charge in [-0.2, -0.15) is 0 Å². The maximum atomic E-state index is 5.79. The normalized spacial score (nSPS) is 12.9. The summed E-state index contributed by atoms with van der Waals surface area (Å²) in [5.74, 6) is 0.985. The van der Waals surface area contributed by atoms with Crippen LogP contribution in [0.25, 0.3) is 0 Å². The van der Waals surface area contributed by atoms with E-state index < -0.39 is 0 Å². The smallest absolute Gasteiger partial charge is 0.119 e. The van der Waals surface area contributed by atoms with Crippen LogP contribution in [0.1, 0.15) is 46.1 Å². The summed E-state index contributed by atoms with van der Waals surface area (Å²) in [6, 6.07) is 9.19. The largest absolute Gasteiger partial charge is 0.494 e. The Morgan fingerprint density at radius 2 is 1.67 bits per heavy atom. The van der Waals surface area contributed by atoms with E-state index in [-0.39, 0.29) is 12.4 Å². The second-order valence-electron chi connectivity index (χ2n) is 7.15. The molecule has 0 aliphatic carbocycles. The van der Waals surface area contributed by atoms with Gasteiger partial charge in [-0.3, -0.25) is 0 Å². The Morgan fingerprint density at radius 1 is 1.10 bits per heavy atom. The lowest BCUT2D eigenvalue weighted by Crippen LogP contribution is -2.24. The Labute approximate surface area is 137 Å². The monoisotopic (exact) mass is 313 g/mol. The van der Waals surface area contributed by atoms with E-state index in [9.17, 15) is 0 Å². The maximum absolute atomic E-state index is 5.79. The minimum Gasteiger partial charge on any atom is -0.494 e. The van der Waals surface area contributed by atoms with Crippen molar-refractivity contribution in [2.24, 2.45) is 5.41 Å². The van der Waals surface area contributed by atoms with Crippen LogP contribution >= 0.6 is 12.4 Å². The van der Waals surface area contributed by atoms with Gasteiger partial charge in [-0.25, -0.2) is 0 Å². The number of hydrogen-bond acceptors (Lipinski definition) is 2. The first-order valence-electron chi connectivity index (χ1n) is 7.66. The fourth-order valence-electron chi connectivity index (χ4n) is 1.86. The molecule has 1 unspecified atom stereocenters. The van der Waals surface area contributed by atoms with Gasteiger partial charge < -0.3 is 9.64 Å². The third-order valence-corrected chi connectivity index (χ3v) is 3.78. The van der Waals surface area contributed by atoms with Crippen LogP contribution in [-0.2, 0) is 6.42 Å². The summed E-state index contributed by atoms with van der Waals surface area (Å²) in [4.78, 5) is 2.27. The van der Waals surface area contributed by atoms with Crippen LogP contribution in [0.2, 0.25) is 0 Å². The first-order chi connectivity index (χ1) is 9.28. The van der Waals surface area contributed by atoms with Gasteiger partial charge in [-0.05, 0) is 63.4 Å². The van der Waals surface area contributed by atoms with Gasteiger partial charge in [0.15, 0.2) is 0 Å². The average molecular weight is 314 g/mol. The summed E-state index contributed by atoms with van der Waals surface area (Å²) in [5, 5.41) is 0. The van der Waals surface area contributed by atoms with Gasteiger partial charge in [-0.15, -0.1) is 12.4 Å². The number of aryl methyl sites for hydroxylation is 1. The molecule has 0 aliphatic rings. The molecule has 2 nitrogen and oxygen atoms in total. The second kappa shape index (κ2) is 9.32. The highest BCUT2D eigenvalue weighted by Crippen LogP contribution is 2.20. The van der Waals surface area contributed by atoms with E-state index in [1.807, 2.05) is 0 Å². The van der Waals surface area contributed by atoms with E-state index in [0.29, 0.717) is 11.5 Å². The Balaban J connectivity index is 0.00000400. The molecule has 1 aromatic rings. The average Bonchev–Trinajstić information content (AvgIpc) is 2.35. The van der Waals surface area contributed by atoms with Crippen molar-refractivity contribution in [2.45, 2.75) is 53.0 Å². The van der Waals surface area contributed by atoms with E-state index in [1.165, 1.54) is 12.0 Å². The molecule has 0 heterocycles. The van der Waals surface area contributed by atoms with Crippen LogP contribution in [0, 0.1) is 5.41 Å². The topological polar surface area (TPSA) is 12.5 Å². The Bertz CT molecular complexity index is 381. The highest BCUT2D eigenvalue weighted by molar-refractivity contribution is 5.85. The van der Waals surface area contributed by atoms with E-state index in [4.69, 9.17) is 4.74 Å². The molecule has 0 radical (unpaired) electrons. The molecule has 0 N–H and O–H groups in total. The SMILES string of the molecule is CC(CCc1ccc(OCCC(C)(C)C)cc1)N(C)C.Cl. The first-order valence-corrected chi connectivity index (χ1v) is 7.66. The lowest BCUT2D eigenvalue weighted by atomic mass is 9.93. The lowest BCUT2D eigenvalue weighted by Gasteiger charge is -2.19. The Morgan fingerprint density at radius 3 is 2.14 bits per heavy atom. The van der Waals surface area contributed by atoms with Crippen molar-refractivity contribution in [3.63, 3.8) is 0 Å².